The van der Waals surface area contributed by atoms with Gasteiger partial charge in [-0.15, -0.1) is 0 Å². The van der Waals surface area contributed by atoms with Gasteiger partial charge in [0.05, 0.1) is 17.8 Å². The van der Waals surface area contributed by atoms with E-state index in [0.717, 1.165) is 22.2 Å². The molecule has 37 heavy (non-hydrogen) atoms. The minimum atomic E-state index is -1.10. The Bertz CT molecular complexity index is 1390. The first kappa shape index (κ1) is 24.3. The quantitative estimate of drug-likeness (QED) is 0.280. The van der Waals surface area contributed by atoms with Gasteiger partial charge in [-0.3, -0.25) is 14.6 Å². The Morgan fingerprint density at radius 2 is 1.78 bits per heavy atom. The predicted octanol–water partition coefficient (Wildman–Crippen LogP) is 4.29. The first-order valence-electron chi connectivity index (χ1n) is 11.2. The van der Waals surface area contributed by atoms with Crippen LogP contribution in [0.1, 0.15) is 22.3 Å². The molecule has 0 radical (unpaired) electrons. The fourth-order valence-corrected chi connectivity index (χ4v) is 4.84. The van der Waals surface area contributed by atoms with Crippen molar-refractivity contribution in [3.63, 3.8) is 0 Å². The van der Waals surface area contributed by atoms with Crippen molar-refractivity contribution >= 4 is 46.1 Å². The van der Waals surface area contributed by atoms with Gasteiger partial charge in [-0.1, -0.05) is 17.8 Å². The van der Waals surface area contributed by atoms with Crippen LogP contribution in [-0.2, 0) is 16.1 Å². The molecule has 2 amide bonds. The number of carboxylic acid groups (broad SMARTS) is 1. The van der Waals surface area contributed by atoms with Crippen LogP contribution in [0.4, 0.5) is 15.8 Å². The smallest absolute Gasteiger partial charge is 0.335 e. The second-order valence-corrected chi connectivity index (χ2v) is 9.36. The van der Waals surface area contributed by atoms with Gasteiger partial charge in [0.2, 0.25) is 18.6 Å². The third-order valence-electron chi connectivity index (χ3n) is 5.67. The molecule has 3 aromatic carbocycles. The molecule has 1 fully saturated rings. The summed E-state index contributed by atoms with van der Waals surface area (Å²) in [6.07, 6.45) is -0.0572. The van der Waals surface area contributed by atoms with Crippen LogP contribution in [0.15, 0.2) is 71.7 Å². The van der Waals surface area contributed by atoms with Gasteiger partial charge >= 0.3 is 5.97 Å². The molecule has 1 saturated heterocycles. The highest BCUT2D eigenvalue weighted by Gasteiger charge is 2.41. The third-order valence-corrected chi connectivity index (χ3v) is 6.78. The summed E-state index contributed by atoms with van der Waals surface area (Å²) in [6.45, 7) is 0.408. The number of anilines is 2. The lowest BCUT2D eigenvalue weighted by Gasteiger charge is -2.16. The number of hydrogen-bond acceptors (Lipinski definition) is 7. The Hall–Kier alpha value is -4.38. The largest absolute Gasteiger partial charge is 0.478 e. The Morgan fingerprint density at radius 1 is 1.05 bits per heavy atom. The summed E-state index contributed by atoms with van der Waals surface area (Å²) in [7, 11) is 0. The second-order valence-electron chi connectivity index (χ2n) is 8.17. The van der Waals surface area contributed by atoms with Crippen LogP contribution < -0.4 is 19.7 Å². The lowest BCUT2D eigenvalue weighted by molar-refractivity contribution is -0.121. The van der Waals surface area contributed by atoms with Crippen molar-refractivity contribution in [1.82, 2.24) is 0 Å². The number of rotatable bonds is 6. The highest BCUT2D eigenvalue weighted by atomic mass is 32.2. The molecule has 3 aromatic rings. The number of thioether (sulfide) groups is 1. The minimum absolute atomic E-state index is 0.0511. The lowest BCUT2D eigenvalue weighted by Crippen LogP contribution is -2.31. The molecule has 1 unspecified atom stereocenters. The van der Waals surface area contributed by atoms with Crippen molar-refractivity contribution in [3.8, 4) is 11.5 Å². The molecular weight excluding hydrogens is 501 g/mol. The molecule has 2 N–H and O–H groups in total. The number of benzene rings is 3. The van der Waals surface area contributed by atoms with Gasteiger partial charge in [0.25, 0.3) is 0 Å². The van der Waals surface area contributed by atoms with E-state index >= 15 is 0 Å². The number of carbonyl (C=O) groups excluding carboxylic acids is 2. The molecule has 0 bridgehead atoms. The van der Waals surface area contributed by atoms with Crippen molar-refractivity contribution < 1.29 is 33.4 Å². The normalized spacial score (nSPS) is 16.8. The topological polar surface area (TPSA) is 118 Å². The first-order chi connectivity index (χ1) is 17.9. The zero-order valence-corrected chi connectivity index (χ0v) is 20.0. The highest BCUT2D eigenvalue weighted by molar-refractivity contribution is 8.15. The number of nitrogens with one attached hydrogen (secondary N) is 1. The van der Waals surface area contributed by atoms with Crippen LogP contribution in [0.25, 0.3) is 0 Å². The standard InChI is InChI=1S/C26H20FN3O6S/c27-17-4-6-18(7-5-17)29-26(28-13-15-1-10-20-21(11-15)36-14-35-20)37-22-12-23(31)30(24(22)32)19-8-2-16(3-9-19)25(33)34/h1-11,22H,12-14H2,(H,28,29)(H,33,34). The Labute approximate surface area is 214 Å². The molecule has 0 aliphatic carbocycles. The van der Waals surface area contributed by atoms with Crippen molar-refractivity contribution in [2.24, 2.45) is 4.99 Å². The molecule has 0 saturated carbocycles. The fourth-order valence-electron chi connectivity index (χ4n) is 3.82. The van der Waals surface area contributed by atoms with Gasteiger partial charge < -0.3 is 19.9 Å². The minimum Gasteiger partial charge on any atom is -0.478 e. The van der Waals surface area contributed by atoms with E-state index in [1.54, 1.807) is 18.2 Å². The molecule has 2 aliphatic rings. The molecular formula is C26H20FN3O6S. The number of amides is 2. The van der Waals surface area contributed by atoms with Gasteiger partial charge in [0.1, 0.15) is 11.1 Å². The molecule has 5 rings (SSSR count). The van der Waals surface area contributed by atoms with E-state index in [0.29, 0.717) is 28.0 Å². The third kappa shape index (κ3) is 5.41. The second kappa shape index (κ2) is 10.3. The van der Waals surface area contributed by atoms with E-state index in [1.807, 2.05) is 12.1 Å². The molecule has 2 heterocycles. The maximum Gasteiger partial charge on any atom is 0.335 e. The van der Waals surface area contributed by atoms with Crippen LogP contribution in [0.5, 0.6) is 11.5 Å². The summed E-state index contributed by atoms with van der Waals surface area (Å²) >= 11 is 1.10. The number of fused-ring (bicyclic) bond motifs is 1. The summed E-state index contributed by atoms with van der Waals surface area (Å²) in [4.78, 5) is 42.7. The maximum absolute atomic E-state index is 13.4. The molecule has 9 nitrogen and oxygen atoms in total. The summed E-state index contributed by atoms with van der Waals surface area (Å²) < 4.78 is 24.1. The lowest BCUT2D eigenvalue weighted by atomic mass is 10.2. The SMILES string of the molecule is O=C(O)c1ccc(N2C(=O)CC(SC(=NCc3ccc4c(c3)OCO4)Nc3ccc(F)cc3)C2=O)cc1. The van der Waals surface area contributed by atoms with Gasteiger partial charge in [-0.05, 0) is 66.2 Å². The summed E-state index contributed by atoms with van der Waals surface area (Å²) in [6, 6.07) is 16.7. The number of aromatic carboxylic acids is 1. The Morgan fingerprint density at radius 3 is 2.51 bits per heavy atom. The van der Waals surface area contributed by atoms with Crippen molar-refractivity contribution in [3.05, 3.63) is 83.7 Å². The van der Waals surface area contributed by atoms with Crippen LogP contribution >= 0.6 is 11.8 Å². The molecule has 0 aromatic heterocycles. The number of halogens is 1. The number of aliphatic imine (C=N–C) groups is 1. The van der Waals surface area contributed by atoms with Gasteiger partial charge in [-0.25, -0.2) is 14.1 Å². The van der Waals surface area contributed by atoms with E-state index in [9.17, 15) is 18.8 Å². The molecule has 1 atom stereocenters. The van der Waals surface area contributed by atoms with Crippen LogP contribution in [0.3, 0.4) is 0 Å². The van der Waals surface area contributed by atoms with Crippen LogP contribution in [0.2, 0.25) is 0 Å². The van der Waals surface area contributed by atoms with Gasteiger partial charge in [0.15, 0.2) is 16.7 Å². The van der Waals surface area contributed by atoms with Gasteiger partial charge in [0, 0.05) is 12.1 Å². The number of hydrogen-bond donors (Lipinski definition) is 2. The first-order valence-corrected chi connectivity index (χ1v) is 12.1. The number of ether oxygens (including phenoxy) is 2. The average Bonchev–Trinajstić information content (AvgIpc) is 3.47. The van der Waals surface area contributed by atoms with Crippen molar-refractivity contribution in [1.29, 1.82) is 0 Å². The van der Waals surface area contributed by atoms with E-state index in [1.165, 1.54) is 36.4 Å². The zero-order chi connectivity index (χ0) is 25.9. The summed E-state index contributed by atoms with van der Waals surface area (Å²) in [5.74, 6) is -1.06. The van der Waals surface area contributed by atoms with Crippen LogP contribution in [0, 0.1) is 5.82 Å². The van der Waals surface area contributed by atoms with Crippen molar-refractivity contribution in [2.45, 2.75) is 18.2 Å². The Kier molecular flexibility index (Phi) is 6.78. The molecule has 2 aliphatic heterocycles. The average molecular weight is 522 g/mol. The van der Waals surface area contributed by atoms with E-state index < -0.39 is 28.9 Å². The number of carbonyl (C=O) groups is 3. The highest BCUT2D eigenvalue weighted by Crippen LogP contribution is 2.34. The van der Waals surface area contributed by atoms with E-state index in [-0.39, 0.29) is 25.3 Å². The number of amidine groups is 1. The number of nitrogens with zero attached hydrogens (tertiary/aromatic N) is 2. The van der Waals surface area contributed by atoms with Gasteiger partial charge in [-0.2, -0.15) is 0 Å². The number of carboxylic acids is 1. The molecule has 0 spiro atoms. The van der Waals surface area contributed by atoms with E-state index in [4.69, 9.17) is 14.6 Å². The van der Waals surface area contributed by atoms with Crippen LogP contribution in [-0.4, -0.2) is 40.1 Å². The summed E-state index contributed by atoms with van der Waals surface area (Å²) in [5, 5.41) is 11.8. The fraction of sp³-hybridized carbons (Fsp3) is 0.154. The predicted molar refractivity (Wildman–Crippen MR) is 136 cm³/mol. The Balaban J connectivity index is 1.36. The molecule has 11 heteroatoms. The zero-order valence-electron chi connectivity index (χ0n) is 19.2. The number of imide groups is 1. The maximum atomic E-state index is 13.4. The van der Waals surface area contributed by atoms with E-state index in [2.05, 4.69) is 10.3 Å². The van der Waals surface area contributed by atoms with Crippen molar-refractivity contribution in [2.75, 3.05) is 17.0 Å². The monoisotopic (exact) mass is 521 g/mol. The molecule has 188 valence electrons. The summed E-state index contributed by atoms with van der Waals surface area (Å²) in [5.41, 5.74) is 1.76.